The van der Waals surface area contributed by atoms with E-state index in [1.807, 2.05) is 18.2 Å². The number of halogens is 1. The normalized spacial score (nSPS) is 11.0. The average molecular weight is 355 g/mol. The highest BCUT2D eigenvalue weighted by Gasteiger charge is 2.04. The second-order valence-corrected chi connectivity index (χ2v) is 5.52. The number of methoxy groups -OCH3 is 1. The predicted molar refractivity (Wildman–Crippen MR) is 95.3 cm³/mol. The third-order valence-corrected chi connectivity index (χ3v) is 3.83. The van der Waals surface area contributed by atoms with Gasteiger partial charge in [-0.25, -0.2) is 4.98 Å². The molecule has 0 spiro atoms. The minimum Gasteiger partial charge on any atom is -0.545 e. The molecule has 0 aliphatic carbocycles. The molecule has 7 heteroatoms. The van der Waals surface area contributed by atoms with E-state index >= 15 is 0 Å². The number of carboxylic acids is 1. The number of anilines is 1. The van der Waals surface area contributed by atoms with Crippen molar-refractivity contribution in [1.29, 1.82) is 0 Å². The molecule has 0 aliphatic heterocycles. The zero-order valence-electron chi connectivity index (χ0n) is 13.2. The summed E-state index contributed by atoms with van der Waals surface area (Å²) in [7, 11) is 1.59. The molecule has 0 saturated heterocycles. The number of fused-ring (bicyclic) bond motifs is 1. The Kier molecular flexibility index (Phi) is 4.81. The molecular weight excluding hydrogens is 342 g/mol. The number of ether oxygens (including phenoxy) is 1. The minimum atomic E-state index is -1.22. The van der Waals surface area contributed by atoms with Crippen molar-refractivity contribution in [3.05, 3.63) is 64.8 Å². The van der Waals surface area contributed by atoms with Crippen LogP contribution in [0, 0.1) is 0 Å². The maximum atomic E-state index is 10.7. The molecule has 3 aromatic rings. The molecule has 126 valence electrons. The number of aromatic nitrogens is 1. The molecular formula is C18H13ClN3O3-. The van der Waals surface area contributed by atoms with E-state index < -0.39 is 5.97 Å². The molecule has 3 rings (SSSR count). The third kappa shape index (κ3) is 3.87. The first-order valence-corrected chi connectivity index (χ1v) is 7.69. The molecule has 25 heavy (non-hydrogen) atoms. The van der Waals surface area contributed by atoms with E-state index in [0.29, 0.717) is 22.2 Å². The quantitative estimate of drug-likeness (QED) is 0.432. The largest absolute Gasteiger partial charge is 0.545 e. The van der Waals surface area contributed by atoms with E-state index in [2.05, 4.69) is 15.5 Å². The fraction of sp³-hybridized carbons (Fsp3) is 0.0556. The predicted octanol–water partition coefficient (Wildman–Crippen LogP) is 2.71. The highest BCUT2D eigenvalue weighted by Crippen LogP contribution is 2.23. The zero-order valence-corrected chi connectivity index (χ0v) is 13.9. The summed E-state index contributed by atoms with van der Waals surface area (Å²) in [6.07, 6.45) is 1.55. The maximum Gasteiger partial charge on any atom is 0.138 e. The van der Waals surface area contributed by atoms with E-state index in [4.69, 9.17) is 16.3 Å². The first-order valence-electron chi connectivity index (χ1n) is 7.31. The smallest absolute Gasteiger partial charge is 0.138 e. The molecule has 0 amide bonds. The van der Waals surface area contributed by atoms with Crippen molar-refractivity contribution < 1.29 is 14.6 Å². The van der Waals surface area contributed by atoms with Crippen molar-refractivity contribution >= 4 is 40.4 Å². The molecule has 1 heterocycles. The fourth-order valence-corrected chi connectivity index (χ4v) is 2.41. The summed E-state index contributed by atoms with van der Waals surface area (Å²) in [4.78, 5) is 15.0. The Morgan fingerprint density at radius 3 is 2.68 bits per heavy atom. The summed E-state index contributed by atoms with van der Waals surface area (Å²) in [6.45, 7) is 0. The summed E-state index contributed by atoms with van der Waals surface area (Å²) >= 11 is 6.19. The number of pyridine rings is 1. The minimum absolute atomic E-state index is 0.103. The number of nitrogens with one attached hydrogen (secondary N) is 1. The lowest BCUT2D eigenvalue weighted by molar-refractivity contribution is -0.255. The average Bonchev–Trinajstić information content (AvgIpc) is 2.62. The lowest BCUT2D eigenvalue weighted by Crippen LogP contribution is -2.21. The van der Waals surface area contributed by atoms with Crippen LogP contribution in [0.15, 0.2) is 53.6 Å². The number of nitrogens with zero attached hydrogens (tertiary/aromatic N) is 2. The summed E-state index contributed by atoms with van der Waals surface area (Å²) in [5.74, 6) is -0.514. The highest BCUT2D eigenvalue weighted by molar-refractivity contribution is 6.32. The van der Waals surface area contributed by atoms with Crippen LogP contribution in [-0.4, -0.2) is 24.3 Å². The Hall–Kier alpha value is -3.12. The standard InChI is InChI=1S/C18H14ClN3O3/c1-25-15-7-4-12-8-13(17(19)21-16(12)9-15)10-20-22-14-5-2-11(3-6-14)18(23)24/h2-10,22H,1H3,(H,23,24)/p-1/b20-10-. The van der Waals surface area contributed by atoms with Crippen molar-refractivity contribution in [3.63, 3.8) is 0 Å². The first kappa shape index (κ1) is 16.7. The van der Waals surface area contributed by atoms with E-state index in [1.54, 1.807) is 31.5 Å². The van der Waals surface area contributed by atoms with Crippen molar-refractivity contribution in [1.82, 2.24) is 4.98 Å². The van der Waals surface area contributed by atoms with Crippen LogP contribution in [0.3, 0.4) is 0 Å². The van der Waals surface area contributed by atoms with Gasteiger partial charge in [0.1, 0.15) is 10.9 Å². The lowest BCUT2D eigenvalue weighted by Gasteiger charge is -2.05. The van der Waals surface area contributed by atoms with Crippen LogP contribution in [0.4, 0.5) is 5.69 Å². The van der Waals surface area contributed by atoms with Crippen LogP contribution in [0.25, 0.3) is 10.9 Å². The monoisotopic (exact) mass is 354 g/mol. The molecule has 0 bridgehead atoms. The van der Waals surface area contributed by atoms with Crippen LogP contribution in [0.1, 0.15) is 15.9 Å². The molecule has 2 aromatic carbocycles. The van der Waals surface area contributed by atoms with Crippen LogP contribution < -0.4 is 15.3 Å². The van der Waals surface area contributed by atoms with Gasteiger partial charge in [0.05, 0.1) is 30.5 Å². The van der Waals surface area contributed by atoms with Crippen molar-refractivity contribution in [2.45, 2.75) is 0 Å². The second kappa shape index (κ2) is 7.19. The molecule has 0 radical (unpaired) electrons. The van der Waals surface area contributed by atoms with Gasteiger partial charge in [-0.3, -0.25) is 5.43 Å². The topological polar surface area (TPSA) is 86.6 Å². The molecule has 6 nitrogen and oxygen atoms in total. The van der Waals surface area contributed by atoms with Crippen molar-refractivity contribution in [3.8, 4) is 5.75 Å². The summed E-state index contributed by atoms with van der Waals surface area (Å²) in [6, 6.07) is 13.5. The van der Waals surface area contributed by atoms with Gasteiger partial charge in [0, 0.05) is 17.0 Å². The van der Waals surface area contributed by atoms with Crippen LogP contribution in [0.2, 0.25) is 5.15 Å². The number of hydrogen-bond donors (Lipinski definition) is 1. The van der Waals surface area contributed by atoms with E-state index in [-0.39, 0.29) is 5.56 Å². The molecule has 0 saturated carbocycles. The zero-order chi connectivity index (χ0) is 17.8. The summed E-state index contributed by atoms with van der Waals surface area (Å²) in [5, 5.41) is 16.0. The van der Waals surface area contributed by atoms with Crippen molar-refractivity contribution in [2.75, 3.05) is 12.5 Å². The van der Waals surface area contributed by atoms with Crippen molar-refractivity contribution in [2.24, 2.45) is 5.10 Å². The third-order valence-electron chi connectivity index (χ3n) is 3.52. The molecule has 0 aliphatic rings. The molecule has 0 unspecified atom stereocenters. The molecule has 0 fully saturated rings. The Bertz CT molecular complexity index is 956. The molecule has 0 atom stereocenters. The van der Waals surface area contributed by atoms with E-state index in [0.717, 1.165) is 10.9 Å². The van der Waals surface area contributed by atoms with Gasteiger partial charge in [-0.1, -0.05) is 23.7 Å². The number of rotatable bonds is 5. The van der Waals surface area contributed by atoms with Gasteiger partial charge in [-0.2, -0.15) is 5.10 Å². The van der Waals surface area contributed by atoms with Gasteiger partial charge in [0.25, 0.3) is 0 Å². The van der Waals surface area contributed by atoms with Crippen LogP contribution in [0.5, 0.6) is 5.75 Å². The van der Waals surface area contributed by atoms with Gasteiger partial charge in [0.2, 0.25) is 0 Å². The van der Waals surface area contributed by atoms with E-state index in [9.17, 15) is 9.90 Å². The van der Waals surface area contributed by atoms with Gasteiger partial charge in [-0.15, -0.1) is 0 Å². The highest BCUT2D eigenvalue weighted by atomic mass is 35.5. The molecule has 1 aromatic heterocycles. The van der Waals surface area contributed by atoms with Gasteiger partial charge >= 0.3 is 0 Å². The SMILES string of the molecule is COc1ccc2cc(/C=N\Nc3ccc(C(=O)[O-])cc3)c(Cl)nc2c1. The fourth-order valence-electron chi connectivity index (χ4n) is 2.21. The van der Waals surface area contributed by atoms with Gasteiger partial charge < -0.3 is 14.6 Å². The summed E-state index contributed by atoms with van der Waals surface area (Å²) < 4.78 is 5.17. The number of hydrazone groups is 1. The maximum absolute atomic E-state index is 10.7. The number of hydrogen-bond acceptors (Lipinski definition) is 6. The Morgan fingerprint density at radius 1 is 1.24 bits per heavy atom. The number of aromatic carboxylic acids is 1. The van der Waals surface area contributed by atoms with Gasteiger partial charge in [0.15, 0.2) is 0 Å². The number of carboxylic acid groups (broad SMARTS) is 1. The van der Waals surface area contributed by atoms with E-state index in [1.165, 1.54) is 12.1 Å². The lowest BCUT2D eigenvalue weighted by atomic mass is 10.1. The van der Waals surface area contributed by atoms with Crippen LogP contribution >= 0.6 is 11.6 Å². The Balaban J connectivity index is 1.78. The summed E-state index contributed by atoms with van der Waals surface area (Å²) in [5.41, 5.74) is 4.92. The number of carbonyl (C=O) groups excluding carboxylic acids is 1. The number of benzene rings is 2. The van der Waals surface area contributed by atoms with Crippen LogP contribution in [-0.2, 0) is 0 Å². The Morgan fingerprint density at radius 2 is 2.00 bits per heavy atom. The van der Waals surface area contributed by atoms with Gasteiger partial charge in [-0.05, 0) is 35.9 Å². The first-order chi connectivity index (χ1) is 12.1. The molecule has 1 N–H and O–H groups in total. The Labute approximate surface area is 148 Å². The second-order valence-electron chi connectivity index (χ2n) is 5.16. The number of carbonyl (C=O) groups is 1.